The summed E-state index contributed by atoms with van der Waals surface area (Å²) in [4.78, 5) is 6.51. The van der Waals surface area contributed by atoms with Crippen molar-refractivity contribution in [2.45, 2.75) is 25.5 Å². The van der Waals surface area contributed by atoms with Gasteiger partial charge in [-0.2, -0.15) is 0 Å². The molecule has 19 heavy (non-hydrogen) atoms. The number of hydrogen-bond acceptors (Lipinski definition) is 4. The number of halogens is 1. The van der Waals surface area contributed by atoms with Crippen molar-refractivity contribution in [3.8, 4) is 0 Å². The number of aryl methyl sites for hydroxylation is 1. The molecule has 0 spiro atoms. The van der Waals surface area contributed by atoms with Crippen LogP contribution in [-0.2, 0) is 10.0 Å². The van der Waals surface area contributed by atoms with Crippen LogP contribution >= 0.6 is 15.9 Å². The van der Waals surface area contributed by atoms with Crippen molar-refractivity contribution < 1.29 is 8.42 Å². The number of nitrogens with zero attached hydrogens (tertiary/aromatic N) is 2. The summed E-state index contributed by atoms with van der Waals surface area (Å²) in [6.45, 7) is 5.39. The molecule has 1 unspecified atom stereocenters. The van der Waals surface area contributed by atoms with Crippen molar-refractivity contribution in [1.82, 2.24) is 9.71 Å². The van der Waals surface area contributed by atoms with Crippen molar-refractivity contribution >= 4 is 31.8 Å². The van der Waals surface area contributed by atoms with Crippen LogP contribution in [-0.4, -0.2) is 38.3 Å². The Morgan fingerprint density at radius 3 is 2.89 bits per heavy atom. The Morgan fingerprint density at radius 1 is 1.53 bits per heavy atom. The van der Waals surface area contributed by atoms with Gasteiger partial charge in [0.05, 0.1) is 10.9 Å². The van der Waals surface area contributed by atoms with Gasteiger partial charge in [-0.3, -0.25) is 0 Å². The normalized spacial score (nSPS) is 19.9. The highest BCUT2D eigenvalue weighted by molar-refractivity contribution is 9.10. The number of rotatable bonds is 4. The van der Waals surface area contributed by atoms with Crippen molar-refractivity contribution in [2.24, 2.45) is 0 Å². The molecule has 1 saturated heterocycles. The summed E-state index contributed by atoms with van der Waals surface area (Å²) in [5.41, 5.74) is 0.912. The fourth-order valence-electron chi connectivity index (χ4n) is 2.22. The van der Waals surface area contributed by atoms with Gasteiger partial charge < -0.3 is 4.90 Å². The second-order valence-corrected chi connectivity index (χ2v) is 7.54. The van der Waals surface area contributed by atoms with Gasteiger partial charge in [0.25, 0.3) is 0 Å². The highest BCUT2D eigenvalue weighted by atomic mass is 79.9. The molecule has 1 aromatic rings. The average Bonchev–Trinajstić information content (AvgIpc) is 2.83. The first-order valence-corrected chi connectivity index (χ1v) is 8.64. The zero-order valence-corrected chi connectivity index (χ0v) is 13.5. The first kappa shape index (κ1) is 14.7. The third-order valence-corrected chi connectivity index (χ3v) is 6.05. The summed E-state index contributed by atoms with van der Waals surface area (Å²) < 4.78 is 27.5. The van der Waals surface area contributed by atoms with Gasteiger partial charge in [0.15, 0.2) is 0 Å². The Kier molecular flexibility index (Phi) is 4.47. The molecule has 0 aromatic carbocycles. The first-order chi connectivity index (χ1) is 8.94. The van der Waals surface area contributed by atoms with Crippen LogP contribution in [0.2, 0.25) is 0 Å². The predicted molar refractivity (Wildman–Crippen MR) is 79.9 cm³/mol. The van der Waals surface area contributed by atoms with E-state index in [-0.39, 0.29) is 5.25 Å². The number of hydrogen-bond donors (Lipinski definition) is 1. The van der Waals surface area contributed by atoms with Gasteiger partial charge in [0.2, 0.25) is 10.0 Å². The monoisotopic (exact) mass is 347 g/mol. The van der Waals surface area contributed by atoms with Gasteiger partial charge in [-0.05, 0) is 41.4 Å². The molecule has 1 N–H and O–H groups in total. The Labute approximate surface area is 122 Å². The Balaban J connectivity index is 2.12. The highest BCUT2D eigenvalue weighted by Crippen LogP contribution is 2.24. The molecule has 1 aromatic heterocycles. The third-order valence-electron chi connectivity index (χ3n) is 3.26. The summed E-state index contributed by atoms with van der Waals surface area (Å²) in [5.74, 6) is 0.842. The summed E-state index contributed by atoms with van der Waals surface area (Å²) in [6.07, 6.45) is 0.645. The number of aromatic nitrogens is 1. The van der Waals surface area contributed by atoms with Gasteiger partial charge in [-0.25, -0.2) is 18.1 Å². The molecule has 0 saturated carbocycles. The third kappa shape index (κ3) is 3.27. The minimum absolute atomic E-state index is 0.349. The van der Waals surface area contributed by atoms with E-state index in [0.717, 1.165) is 22.5 Å². The van der Waals surface area contributed by atoms with Crippen molar-refractivity contribution in [1.29, 1.82) is 0 Å². The maximum atomic E-state index is 12.0. The summed E-state index contributed by atoms with van der Waals surface area (Å²) >= 11 is 3.42. The van der Waals surface area contributed by atoms with Crippen LogP contribution in [0.4, 0.5) is 5.82 Å². The summed E-state index contributed by atoms with van der Waals surface area (Å²) in [7, 11) is -3.20. The van der Waals surface area contributed by atoms with Gasteiger partial charge in [-0.15, -0.1) is 0 Å². The molecule has 1 aliphatic rings. The van der Waals surface area contributed by atoms with E-state index in [0.29, 0.717) is 19.5 Å². The van der Waals surface area contributed by atoms with E-state index in [2.05, 4.69) is 25.6 Å². The van der Waals surface area contributed by atoms with Crippen LogP contribution in [0.15, 0.2) is 16.6 Å². The molecule has 106 valence electrons. The van der Waals surface area contributed by atoms with E-state index >= 15 is 0 Å². The van der Waals surface area contributed by atoms with E-state index in [1.165, 1.54) is 0 Å². The molecule has 0 radical (unpaired) electrons. The topological polar surface area (TPSA) is 62.3 Å². The second kappa shape index (κ2) is 5.76. The molecule has 1 aliphatic heterocycles. The van der Waals surface area contributed by atoms with Crippen LogP contribution in [0.1, 0.15) is 19.0 Å². The van der Waals surface area contributed by atoms with E-state index in [1.54, 1.807) is 6.92 Å². The van der Waals surface area contributed by atoms with Crippen molar-refractivity contribution in [2.75, 3.05) is 24.5 Å². The standard InChI is InChI=1S/C12H18BrN3O2S/c1-3-14-19(17,18)10-6-7-16(8-10)12-5-4-11(13)9(2)15-12/h4-5,10,14H,3,6-8H2,1-2H3. The van der Waals surface area contributed by atoms with Crippen molar-refractivity contribution in [3.63, 3.8) is 0 Å². The SMILES string of the molecule is CCNS(=O)(=O)C1CCN(c2ccc(Br)c(C)n2)C1. The van der Waals surface area contributed by atoms with Crippen LogP contribution in [0.3, 0.4) is 0 Å². The lowest BCUT2D eigenvalue weighted by molar-refractivity contribution is 0.571. The minimum Gasteiger partial charge on any atom is -0.355 e. The van der Waals surface area contributed by atoms with Gasteiger partial charge in [0.1, 0.15) is 5.82 Å². The first-order valence-electron chi connectivity index (χ1n) is 6.30. The molecule has 7 heteroatoms. The molecule has 2 heterocycles. The van der Waals surface area contributed by atoms with E-state index in [4.69, 9.17) is 0 Å². The number of sulfonamides is 1. The maximum absolute atomic E-state index is 12.0. The molecule has 5 nitrogen and oxygen atoms in total. The Morgan fingerprint density at radius 2 is 2.26 bits per heavy atom. The van der Waals surface area contributed by atoms with Crippen LogP contribution in [0.25, 0.3) is 0 Å². The van der Waals surface area contributed by atoms with Gasteiger partial charge >= 0.3 is 0 Å². The maximum Gasteiger partial charge on any atom is 0.216 e. The fourth-order valence-corrected chi connectivity index (χ4v) is 3.87. The predicted octanol–water partition coefficient (Wildman–Crippen LogP) is 1.67. The highest BCUT2D eigenvalue weighted by Gasteiger charge is 2.33. The van der Waals surface area contributed by atoms with Crippen LogP contribution < -0.4 is 9.62 Å². The lowest BCUT2D eigenvalue weighted by Gasteiger charge is -2.18. The van der Waals surface area contributed by atoms with Crippen molar-refractivity contribution in [3.05, 3.63) is 22.3 Å². The molecule has 1 atom stereocenters. The van der Waals surface area contributed by atoms with Gasteiger partial charge in [-0.1, -0.05) is 6.92 Å². The van der Waals surface area contributed by atoms with Gasteiger partial charge in [0, 0.05) is 24.1 Å². The largest absolute Gasteiger partial charge is 0.355 e. The molecular weight excluding hydrogens is 330 g/mol. The Bertz CT molecular complexity index is 562. The number of anilines is 1. The van der Waals surface area contributed by atoms with E-state index < -0.39 is 10.0 Å². The number of nitrogens with one attached hydrogen (secondary N) is 1. The van der Waals surface area contributed by atoms with E-state index in [1.807, 2.05) is 24.0 Å². The lowest BCUT2D eigenvalue weighted by Crippen LogP contribution is -2.36. The molecular formula is C12H18BrN3O2S. The second-order valence-electron chi connectivity index (χ2n) is 4.64. The molecule has 2 rings (SSSR count). The molecule has 0 amide bonds. The molecule has 1 fully saturated rings. The van der Waals surface area contributed by atoms with E-state index in [9.17, 15) is 8.42 Å². The quantitative estimate of drug-likeness (QED) is 0.899. The summed E-state index contributed by atoms with van der Waals surface area (Å²) in [6, 6.07) is 3.86. The fraction of sp³-hybridized carbons (Fsp3) is 0.583. The zero-order chi connectivity index (χ0) is 14.0. The smallest absolute Gasteiger partial charge is 0.216 e. The zero-order valence-electron chi connectivity index (χ0n) is 11.1. The minimum atomic E-state index is -3.20. The van der Waals surface area contributed by atoms with Crippen LogP contribution in [0.5, 0.6) is 0 Å². The summed E-state index contributed by atoms with van der Waals surface area (Å²) in [5, 5.41) is -0.349. The Hall–Kier alpha value is -0.660. The average molecular weight is 348 g/mol. The molecule has 0 bridgehead atoms. The van der Waals surface area contributed by atoms with Crippen LogP contribution in [0, 0.1) is 6.92 Å². The molecule has 0 aliphatic carbocycles. The lowest BCUT2D eigenvalue weighted by atomic mass is 10.3. The number of pyridine rings is 1.